The number of nitrogens with one attached hydrogen (secondary N) is 2. The van der Waals surface area contributed by atoms with Gasteiger partial charge in [-0.15, -0.1) is 0 Å². The normalized spacial score (nSPS) is 16.1. The van der Waals surface area contributed by atoms with Gasteiger partial charge >= 0.3 is 0 Å². The molecule has 144 valence electrons. The van der Waals surface area contributed by atoms with Crippen molar-refractivity contribution in [2.24, 2.45) is 0 Å². The molecule has 3 aromatic rings. The fourth-order valence-electron chi connectivity index (χ4n) is 3.57. The molecule has 1 aliphatic carbocycles. The number of furan rings is 1. The molecule has 0 radical (unpaired) electrons. The van der Waals surface area contributed by atoms with Crippen LogP contribution in [0.15, 0.2) is 53.1 Å². The number of benzene rings is 2. The standard InChI is InChI=1S/C22H21ClN2O3/c1-13(25-22(27)19-12-28-20-5-3-2-4-16(19)20)8-9-24-21(26)18-10-14-6-7-15(23)11-17(14)18/h2-7,11-13,18H,8-10H2,1H3,(H,24,26)(H,25,27). The van der Waals surface area contributed by atoms with E-state index < -0.39 is 0 Å². The van der Waals surface area contributed by atoms with E-state index in [2.05, 4.69) is 10.6 Å². The Bertz CT molecular complexity index is 1040. The SMILES string of the molecule is CC(CCNC(=O)C1Cc2ccc(Cl)cc21)NC(=O)c1coc2ccccc12. The highest BCUT2D eigenvalue weighted by Gasteiger charge is 2.32. The van der Waals surface area contributed by atoms with Crippen LogP contribution in [-0.2, 0) is 11.2 Å². The number of halogens is 1. The van der Waals surface area contributed by atoms with Crippen LogP contribution >= 0.6 is 11.6 Å². The van der Waals surface area contributed by atoms with Crippen LogP contribution in [0.25, 0.3) is 11.0 Å². The van der Waals surface area contributed by atoms with Gasteiger partial charge in [-0.05, 0) is 49.1 Å². The van der Waals surface area contributed by atoms with Crippen LogP contribution in [-0.4, -0.2) is 24.4 Å². The van der Waals surface area contributed by atoms with Crippen molar-refractivity contribution in [2.75, 3.05) is 6.54 Å². The average molecular weight is 397 g/mol. The minimum absolute atomic E-state index is 0.00845. The van der Waals surface area contributed by atoms with E-state index >= 15 is 0 Å². The largest absolute Gasteiger partial charge is 0.463 e. The Hall–Kier alpha value is -2.79. The van der Waals surface area contributed by atoms with E-state index in [9.17, 15) is 9.59 Å². The molecule has 4 rings (SSSR count). The topological polar surface area (TPSA) is 71.3 Å². The number of rotatable bonds is 6. The van der Waals surface area contributed by atoms with Crippen LogP contribution in [0.4, 0.5) is 0 Å². The van der Waals surface area contributed by atoms with E-state index in [1.54, 1.807) is 0 Å². The van der Waals surface area contributed by atoms with Gasteiger partial charge in [-0.25, -0.2) is 0 Å². The van der Waals surface area contributed by atoms with Gasteiger partial charge in [-0.2, -0.15) is 0 Å². The molecule has 2 unspecified atom stereocenters. The van der Waals surface area contributed by atoms with Crippen molar-refractivity contribution in [2.45, 2.75) is 31.7 Å². The van der Waals surface area contributed by atoms with Crippen molar-refractivity contribution in [1.82, 2.24) is 10.6 Å². The maximum atomic E-state index is 12.5. The summed E-state index contributed by atoms with van der Waals surface area (Å²) in [5.41, 5.74) is 3.40. The van der Waals surface area contributed by atoms with E-state index in [4.69, 9.17) is 16.0 Å². The summed E-state index contributed by atoms with van der Waals surface area (Å²) in [6.45, 7) is 2.42. The summed E-state index contributed by atoms with van der Waals surface area (Å²) in [5.74, 6) is -0.295. The highest BCUT2D eigenvalue weighted by atomic mass is 35.5. The van der Waals surface area contributed by atoms with Crippen molar-refractivity contribution >= 4 is 34.4 Å². The van der Waals surface area contributed by atoms with Crippen LogP contribution < -0.4 is 10.6 Å². The monoisotopic (exact) mass is 396 g/mol. The first-order valence-corrected chi connectivity index (χ1v) is 9.74. The molecule has 0 aliphatic heterocycles. The van der Waals surface area contributed by atoms with Gasteiger partial charge in [0, 0.05) is 23.0 Å². The third kappa shape index (κ3) is 3.62. The third-order valence-corrected chi connectivity index (χ3v) is 5.44. The lowest BCUT2D eigenvalue weighted by Gasteiger charge is -2.29. The van der Waals surface area contributed by atoms with Gasteiger partial charge in [0.25, 0.3) is 5.91 Å². The molecule has 2 atom stereocenters. The first-order chi connectivity index (χ1) is 13.5. The lowest BCUT2D eigenvalue weighted by molar-refractivity contribution is -0.123. The second kappa shape index (κ2) is 7.68. The molecular formula is C22H21ClN2O3. The Morgan fingerprint density at radius 1 is 1.25 bits per heavy atom. The lowest BCUT2D eigenvalue weighted by atomic mass is 9.77. The summed E-state index contributed by atoms with van der Waals surface area (Å²) in [6.07, 6.45) is 2.87. The maximum absolute atomic E-state index is 12.5. The van der Waals surface area contributed by atoms with Crippen LogP contribution in [0.1, 0.15) is 40.7 Å². The summed E-state index contributed by atoms with van der Waals surface area (Å²) >= 11 is 6.02. The lowest BCUT2D eigenvalue weighted by Crippen LogP contribution is -2.39. The highest BCUT2D eigenvalue weighted by molar-refractivity contribution is 6.30. The minimum Gasteiger partial charge on any atom is -0.463 e. The first-order valence-electron chi connectivity index (χ1n) is 9.36. The molecule has 28 heavy (non-hydrogen) atoms. The fraction of sp³-hybridized carbons (Fsp3) is 0.273. The van der Waals surface area contributed by atoms with Crippen molar-refractivity contribution in [3.05, 3.63) is 70.4 Å². The zero-order valence-corrected chi connectivity index (χ0v) is 16.3. The maximum Gasteiger partial charge on any atom is 0.255 e. The zero-order valence-electron chi connectivity index (χ0n) is 15.5. The number of carbonyl (C=O) groups excluding carboxylic acids is 2. The molecular weight excluding hydrogens is 376 g/mol. The molecule has 5 nitrogen and oxygen atoms in total. The Morgan fingerprint density at radius 2 is 2.07 bits per heavy atom. The van der Waals surface area contributed by atoms with Crippen molar-refractivity contribution in [3.8, 4) is 0 Å². The van der Waals surface area contributed by atoms with Crippen LogP contribution in [0, 0.1) is 0 Å². The van der Waals surface area contributed by atoms with E-state index in [1.807, 2.05) is 49.4 Å². The molecule has 0 saturated carbocycles. The molecule has 1 aromatic heterocycles. The van der Waals surface area contributed by atoms with E-state index in [1.165, 1.54) is 11.8 Å². The Balaban J connectivity index is 1.26. The predicted octanol–water partition coefficient (Wildman–Crippen LogP) is 4.05. The molecule has 2 aromatic carbocycles. The Labute approximate surface area is 168 Å². The number of fused-ring (bicyclic) bond motifs is 2. The molecule has 2 N–H and O–H groups in total. The fourth-order valence-corrected chi connectivity index (χ4v) is 3.75. The molecule has 0 saturated heterocycles. The van der Waals surface area contributed by atoms with Crippen molar-refractivity contribution < 1.29 is 14.0 Å². The molecule has 1 heterocycles. The number of carbonyl (C=O) groups is 2. The molecule has 6 heteroatoms. The predicted molar refractivity (Wildman–Crippen MR) is 109 cm³/mol. The summed E-state index contributed by atoms with van der Waals surface area (Å²) in [4.78, 5) is 24.9. The number of para-hydroxylation sites is 1. The van der Waals surface area contributed by atoms with E-state index in [0.717, 1.165) is 17.4 Å². The highest BCUT2D eigenvalue weighted by Crippen LogP contribution is 2.36. The molecule has 0 bridgehead atoms. The molecule has 1 aliphatic rings. The summed E-state index contributed by atoms with van der Waals surface area (Å²) in [7, 11) is 0. The van der Waals surface area contributed by atoms with Crippen molar-refractivity contribution in [3.63, 3.8) is 0 Å². The van der Waals surface area contributed by atoms with Crippen molar-refractivity contribution in [1.29, 1.82) is 0 Å². The molecule has 2 amide bonds. The number of hydrogen-bond donors (Lipinski definition) is 2. The van der Waals surface area contributed by atoms with Gasteiger partial charge in [0.15, 0.2) is 0 Å². The average Bonchev–Trinajstić information content (AvgIpc) is 3.08. The van der Waals surface area contributed by atoms with Crippen LogP contribution in [0.5, 0.6) is 0 Å². The van der Waals surface area contributed by atoms with Gasteiger partial charge in [-0.3, -0.25) is 9.59 Å². The summed E-state index contributed by atoms with van der Waals surface area (Å²) < 4.78 is 5.42. The van der Waals surface area contributed by atoms with Gasteiger partial charge in [0.2, 0.25) is 5.91 Å². The molecule has 0 spiro atoms. The Kier molecular flexibility index (Phi) is 5.09. The summed E-state index contributed by atoms with van der Waals surface area (Å²) in [6, 6.07) is 13.0. The Morgan fingerprint density at radius 3 is 2.93 bits per heavy atom. The summed E-state index contributed by atoms with van der Waals surface area (Å²) in [5, 5.41) is 7.37. The quantitative estimate of drug-likeness (QED) is 0.660. The van der Waals surface area contributed by atoms with E-state index in [0.29, 0.717) is 29.1 Å². The van der Waals surface area contributed by atoms with Gasteiger partial charge < -0.3 is 15.1 Å². The smallest absolute Gasteiger partial charge is 0.255 e. The second-order valence-corrected chi connectivity index (χ2v) is 7.64. The van der Waals surface area contributed by atoms with Gasteiger partial charge in [0.05, 0.1) is 11.5 Å². The van der Waals surface area contributed by atoms with Gasteiger partial charge in [-0.1, -0.05) is 35.9 Å². The van der Waals surface area contributed by atoms with Gasteiger partial charge in [0.1, 0.15) is 11.8 Å². The first kappa shape index (κ1) is 18.6. The number of hydrogen-bond acceptors (Lipinski definition) is 3. The van der Waals surface area contributed by atoms with Crippen LogP contribution in [0.3, 0.4) is 0 Å². The third-order valence-electron chi connectivity index (χ3n) is 5.20. The minimum atomic E-state index is -0.175. The van der Waals surface area contributed by atoms with E-state index in [-0.39, 0.29) is 23.8 Å². The number of amides is 2. The zero-order chi connectivity index (χ0) is 19.7. The van der Waals surface area contributed by atoms with Crippen LogP contribution in [0.2, 0.25) is 5.02 Å². The molecule has 0 fully saturated rings. The second-order valence-electron chi connectivity index (χ2n) is 7.20.